The number of amides is 2. The SMILES string of the molecule is C=C[C@@H]1C[C@@H](C(=O)OC)N(C(=O)[C@@H](NC(=O)OC(C)(C)C)C(C)(C)C)C1. The molecule has 7 nitrogen and oxygen atoms in total. The molecule has 0 spiro atoms. The van der Waals surface area contributed by atoms with Crippen molar-refractivity contribution < 1.29 is 23.9 Å². The number of methoxy groups -OCH3 is 1. The van der Waals surface area contributed by atoms with E-state index in [2.05, 4.69) is 11.9 Å². The maximum Gasteiger partial charge on any atom is 0.408 e. The molecule has 148 valence electrons. The Morgan fingerprint density at radius 3 is 2.19 bits per heavy atom. The molecule has 0 aliphatic carbocycles. The van der Waals surface area contributed by atoms with Crippen LogP contribution in [0.25, 0.3) is 0 Å². The van der Waals surface area contributed by atoms with E-state index >= 15 is 0 Å². The van der Waals surface area contributed by atoms with Crippen molar-refractivity contribution in [3.05, 3.63) is 12.7 Å². The highest BCUT2D eigenvalue weighted by Crippen LogP contribution is 2.29. The Hall–Kier alpha value is -2.05. The van der Waals surface area contributed by atoms with Gasteiger partial charge in [0.05, 0.1) is 7.11 Å². The molecule has 1 saturated heterocycles. The molecular weight excluding hydrogens is 336 g/mol. The van der Waals surface area contributed by atoms with E-state index in [0.29, 0.717) is 13.0 Å². The van der Waals surface area contributed by atoms with Crippen LogP contribution in [0.5, 0.6) is 0 Å². The quantitative estimate of drug-likeness (QED) is 0.609. The third-order valence-corrected chi connectivity index (χ3v) is 4.20. The summed E-state index contributed by atoms with van der Waals surface area (Å²) in [4.78, 5) is 39.0. The molecular formula is C19H32N2O5. The second-order valence-electron chi connectivity index (χ2n) is 8.71. The number of carbonyl (C=O) groups is 3. The van der Waals surface area contributed by atoms with Gasteiger partial charge in [-0.1, -0.05) is 26.8 Å². The van der Waals surface area contributed by atoms with E-state index in [1.165, 1.54) is 12.0 Å². The fourth-order valence-electron chi connectivity index (χ4n) is 2.88. The van der Waals surface area contributed by atoms with Crippen LogP contribution < -0.4 is 5.32 Å². The van der Waals surface area contributed by atoms with E-state index < -0.39 is 35.2 Å². The van der Waals surface area contributed by atoms with Crippen LogP contribution in [0.3, 0.4) is 0 Å². The molecule has 0 unspecified atom stereocenters. The van der Waals surface area contributed by atoms with Crippen LogP contribution in [0.4, 0.5) is 4.79 Å². The maximum atomic E-state index is 13.2. The van der Waals surface area contributed by atoms with Crippen LogP contribution in [0, 0.1) is 11.3 Å². The minimum atomic E-state index is -0.840. The Labute approximate surface area is 156 Å². The van der Waals surface area contributed by atoms with Gasteiger partial charge in [-0.25, -0.2) is 9.59 Å². The second kappa shape index (κ2) is 8.10. The van der Waals surface area contributed by atoms with Crippen LogP contribution in [0.15, 0.2) is 12.7 Å². The van der Waals surface area contributed by atoms with E-state index in [1.54, 1.807) is 26.8 Å². The summed E-state index contributed by atoms with van der Waals surface area (Å²) < 4.78 is 10.1. The number of carbonyl (C=O) groups excluding carboxylic acids is 3. The molecule has 1 aliphatic heterocycles. The van der Waals surface area contributed by atoms with Crippen LogP contribution in [-0.2, 0) is 19.1 Å². The predicted molar refractivity (Wildman–Crippen MR) is 98.4 cm³/mol. The topological polar surface area (TPSA) is 84.9 Å². The number of rotatable bonds is 4. The molecule has 0 aromatic heterocycles. The summed E-state index contributed by atoms with van der Waals surface area (Å²) in [5.74, 6) is -0.791. The number of nitrogens with one attached hydrogen (secondary N) is 1. The van der Waals surface area contributed by atoms with Gasteiger partial charge in [0, 0.05) is 6.54 Å². The van der Waals surface area contributed by atoms with E-state index in [0.717, 1.165) is 0 Å². The van der Waals surface area contributed by atoms with Crippen molar-refractivity contribution in [2.75, 3.05) is 13.7 Å². The molecule has 0 radical (unpaired) electrons. The molecule has 1 rings (SSSR count). The van der Waals surface area contributed by atoms with Gasteiger partial charge in [0.15, 0.2) is 0 Å². The van der Waals surface area contributed by atoms with Gasteiger partial charge in [0.2, 0.25) is 5.91 Å². The van der Waals surface area contributed by atoms with E-state index in [1.807, 2.05) is 20.8 Å². The third kappa shape index (κ3) is 5.75. The lowest BCUT2D eigenvalue weighted by Crippen LogP contribution is -2.57. The van der Waals surface area contributed by atoms with Crippen molar-refractivity contribution in [1.29, 1.82) is 0 Å². The normalized spacial score (nSPS) is 21.7. The van der Waals surface area contributed by atoms with Gasteiger partial charge in [0.25, 0.3) is 0 Å². The fourth-order valence-corrected chi connectivity index (χ4v) is 2.88. The van der Waals surface area contributed by atoms with Gasteiger partial charge in [-0.3, -0.25) is 4.79 Å². The summed E-state index contributed by atoms with van der Waals surface area (Å²) >= 11 is 0. The predicted octanol–water partition coefficient (Wildman–Crippen LogP) is 2.50. The van der Waals surface area contributed by atoms with Crippen molar-refractivity contribution in [3.8, 4) is 0 Å². The lowest BCUT2D eigenvalue weighted by atomic mass is 9.85. The zero-order chi connectivity index (χ0) is 20.3. The monoisotopic (exact) mass is 368 g/mol. The van der Waals surface area contributed by atoms with Crippen molar-refractivity contribution in [1.82, 2.24) is 10.2 Å². The lowest BCUT2D eigenvalue weighted by Gasteiger charge is -2.35. The van der Waals surface area contributed by atoms with Gasteiger partial charge in [-0.05, 0) is 38.5 Å². The third-order valence-electron chi connectivity index (χ3n) is 4.20. The minimum absolute atomic E-state index is 0.00481. The first-order chi connectivity index (χ1) is 11.8. The van der Waals surface area contributed by atoms with Crippen LogP contribution >= 0.6 is 0 Å². The highest BCUT2D eigenvalue weighted by atomic mass is 16.6. The fraction of sp³-hybridized carbons (Fsp3) is 0.737. The van der Waals surface area contributed by atoms with Gasteiger partial charge in [0.1, 0.15) is 17.7 Å². The maximum absolute atomic E-state index is 13.2. The average Bonchev–Trinajstić information content (AvgIpc) is 2.92. The summed E-state index contributed by atoms with van der Waals surface area (Å²) in [5, 5.41) is 2.67. The summed E-state index contributed by atoms with van der Waals surface area (Å²) in [6.45, 7) is 14.9. The molecule has 2 amide bonds. The first-order valence-corrected chi connectivity index (χ1v) is 8.80. The molecule has 3 atom stereocenters. The molecule has 0 bridgehead atoms. The Balaban J connectivity index is 3.06. The zero-order valence-corrected chi connectivity index (χ0v) is 16.9. The number of alkyl carbamates (subject to hydrolysis) is 1. The van der Waals surface area contributed by atoms with Gasteiger partial charge < -0.3 is 19.7 Å². The Kier molecular flexibility index (Phi) is 6.85. The van der Waals surface area contributed by atoms with Gasteiger partial charge >= 0.3 is 12.1 Å². The van der Waals surface area contributed by atoms with Crippen LogP contribution in [0.1, 0.15) is 48.0 Å². The molecule has 0 aromatic rings. The number of hydrogen-bond donors (Lipinski definition) is 1. The Morgan fingerprint density at radius 1 is 1.19 bits per heavy atom. The van der Waals surface area contributed by atoms with Crippen molar-refractivity contribution in [3.63, 3.8) is 0 Å². The summed E-state index contributed by atoms with van der Waals surface area (Å²) in [5.41, 5.74) is -1.24. The summed E-state index contributed by atoms with van der Waals surface area (Å²) in [7, 11) is 1.30. The molecule has 0 saturated carbocycles. The number of likely N-dealkylation sites (tertiary alicyclic amines) is 1. The number of nitrogens with zero attached hydrogens (tertiary/aromatic N) is 1. The van der Waals surface area contributed by atoms with Gasteiger partial charge in [-0.2, -0.15) is 0 Å². The van der Waals surface area contributed by atoms with E-state index in [4.69, 9.17) is 9.47 Å². The lowest BCUT2D eigenvalue weighted by molar-refractivity contribution is -0.152. The molecule has 7 heteroatoms. The first-order valence-electron chi connectivity index (χ1n) is 8.80. The Bertz CT molecular complexity index is 559. The van der Waals surface area contributed by atoms with Crippen molar-refractivity contribution in [2.45, 2.75) is 65.6 Å². The average molecular weight is 368 g/mol. The molecule has 1 aliphatic rings. The first kappa shape index (κ1) is 22.0. The standard InChI is InChI=1S/C19H32N2O5/c1-9-12-10-13(16(23)25-8)21(11-12)15(22)14(18(2,3)4)20-17(24)26-19(5,6)7/h9,12-14H,1,10-11H2,2-8H3,(H,20,24)/t12-,13+,14-/m1/s1. The smallest absolute Gasteiger partial charge is 0.408 e. The summed E-state index contributed by atoms with van der Waals surface area (Å²) in [6, 6.07) is -1.52. The highest BCUT2D eigenvalue weighted by Gasteiger charge is 2.45. The Morgan fingerprint density at radius 2 is 1.77 bits per heavy atom. The zero-order valence-electron chi connectivity index (χ0n) is 16.9. The number of hydrogen-bond acceptors (Lipinski definition) is 5. The second-order valence-corrected chi connectivity index (χ2v) is 8.71. The van der Waals surface area contributed by atoms with Crippen molar-refractivity contribution in [2.24, 2.45) is 11.3 Å². The molecule has 1 N–H and O–H groups in total. The van der Waals surface area contributed by atoms with Crippen molar-refractivity contribution >= 4 is 18.0 Å². The van der Waals surface area contributed by atoms with Gasteiger partial charge in [-0.15, -0.1) is 6.58 Å². The largest absolute Gasteiger partial charge is 0.467 e. The molecule has 26 heavy (non-hydrogen) atoms. The minimum Gasteiger partial charge on any atom is -0.467 e. The molecule has 1 heterocycles. The molecule has 1 fully saturated rings. The number of esters is 1. The highest BCUT2D eigenvalue weighted by molar-refractivity contribution is 5.91. The van der Waals surface area contributed by atoms with Crippen LogP contribution in [0.2, 0.25) is 0 Å². The molecule has 0 aromatic carbocycles. The van der Waals surface area contributed by atoms with Crippen LogP contribution in [-0.4, -0.2) is 54.2 Å². The summed E-state index contributed by atoms with van der Waals surface area (Å²) in [6.07, 6.45) is 1.53. The van der Waals surface area contributed by atoms with E-state index in [9.17, 15) is 14.4 Å². The van der Waals surface area contributed by atoms with E-state index in [-0.39, 0.29) is 11.8 Å². The number of ether oxygens (including phenoxy) is 2.